The number of methoxy groups -OCH3 is 1. The van der Waals surface area contributed by atoms with E-state index < -0.39 is 11.9 Å². The molecule has 24 heavy (non-hydrogen) atoms. The van der Waals surface area contributed by atoms with Crippen molar-refractivity contribution in [1.82, 2.24) is 15.6 Å². The normalized spacial score (nSPS) is 11.5. The molecule has 0 saturated carbocycles. The Balaban J connectivity index is 1.97. The molecule has 2 aromatic rings. The van der Waals surface area contributed by atoms with Gasteiger partial charge in [0.15, 0.2) is 5.69 Å². The molecule has 126 valence electrons. The lowest BCUT2D eigenvalue weighted by atomic mass is 9.92. The van der Waals surface area contributed by atoms with Crippen molar-refractivity contribution in [3.05, 3.63) is 52.8 Å². The van der Waals surface area contributed by atoms with Gasteiger partial charge in [-0.2, -0.15) is 10.2 Å². The van der Waals surface area contributed by atoms with Gasteiger partial charge in [-0.05, 0) is 23.8 Å². The van der Waals surface area contributed by atoms with Crippen LogP contribution in [0.4, 0.5) is 0 Å². The molecule has 2 N–H and O–H groups in total. The second-order valence-corrected chi connectivity index (χ2v) is 6.23. The fraction of sp³-hybridized carbons (Fsp3) is 0.294. The van der Waals surface area contributed by atoms with Gasteiger partial charge in [0.05, 0.1) is 18.9 Å². The summed E-state index contributed by atoms with van der Waals surface area (Å²) in [6.07, 6.45) is 1.48. The molecule has 2 rings (SSSR count). The van der Waals surface area contributed by atoms with Gasteiger partial charge in [0.1, 0.15) is 0 Å². The Bertz CT molecular complexity index is 755. The van der Waals surface area contributed by atoms with Crippen molar-refractivity contribution < 1.29 is 14.3 Å². The Morgan fingerprint density at radius 3 is 2.46 bits per heavy atom. The highest BCUT2D eigenvalue weighted by Crippen LogP contribution is 2.20. The highest BCUT2D eigenvalue weighted by molar-refractivity contribution is 5.93. The maximum Gasteiger partial charge on any atom is 0.337 e. The fourth-order valence-electron chi connectivity index (χ4n) is 1.87. The number of carbonyl (C=O) groups is 2. The lowest BCUT2D eigenvalue weighted by molar-refractivity contribution is 0.0600. The number of hydrazone groups is 1. The van der Waals surface area contributed by atoms with Gasteiger partial charge in [-0.25, -0.2) is 10.2 Å². The third kappa shape index (κ3) is 4.28. The van der Waals surface area contributed by atoms with Crippen molar-refractivity contribution in [2.24, 2.45) is 5.10 Å². The van der Waals surface area contributed by atoms with E-state index in [2.05, 4.69) is 25.5 Å². The molecule has 0 radical (unpaired) electrons. The van der Waals surface area contributed by atoms with E-state index in [1.54, 1.807) is 30.3 Å². The van der Waals surface area contributed by atoms with E-state index in [9.17, 15) is 9.59 Å². The molecule has 7 nitrogen and oxygen atoms in total. The van der Waals surface area contributed by atoms with Crippen LogP contribution >= 0.6 is 0 Å². The second kappa shape index (κ2) is 7.08. The SMILES string of the molecule is COC(=O)c1ccc(/C=N\NC(=O)c2cc(C(C)(C)C)[nH]n2)cc1. The van der Waals surface area contributed by atoms with Crippen LogP contribution in [0.3, 0.4) is 0 Å². The van der Waals surface area contributed by atoms with Gasteiger partial charge in [0, 0.05) is 11.1 Å². The van der Waals surface area contributed by atoms with Crippen LogP contribution in [0.5, 0.6) is 0 Å². The van der Waals surface area contributed by atoms with Crippen LogP contribution in [-0.2, 0) is 10.2 Å². The van der Waals surface area contributed by atoms with E-state index in [4.69, 9.17) is 0 Å². The molecule has 0 aliphatic carbocycles. The van der Waals surface area contributed by atoms with Crippen LogP contribution in [0.2, 0.25) is 0 Å². The number of aromatic amines is 1. The molecule has 7 heteroatoms. The van der Waals surface area contributed by atoms with Crippen molar-refractivity contribution in [3.63, 3.8) is 0 Å². The minimum absolute atomic E-state index is 0.115. The van der Waals surface area contributed by atoms with Gasteiger partial charge in [-0.15, -0.1) is 0 Å². The number of esters is 1. The molecular formula is C17H20N4O3. The summed E-state index contributed by atoms with van der Waals surface area (Å²) in [5, 5.41) is 10.7. The summed E-state index contributed by atoms with van der Waals surface area (Å²) in [7, 11) is 1.33. The summed E-state index contributed by atoms with van der Waals surface area (Å²) >= 11 is 0. The first kappa shape index (κ1) is 17.4. The maximum absolute atomic E-state index is 12.0. The zero-order chi connectivity index (χ0) is 17.7. The zero-order valence-corrected chi connectivity index (χ0v) is 14.1. The molecule has 0 saturated heterocycles. The predicted molar refractivity (Wildman–Crippen MR) is 90.1 cm³/mol. The van der Waals surface area contributed by atoms with E-state index in [1.165, 1.54) is 13.3 Å². The smallest absolute Gasteiger partial charge is 0.337 e. The lowest BCUT2D eigenvalue weighted by Gasteiger charge is -2.14. The molecule has 1 amide bonds. The van der Waals surface area contributed by atoms with Gasteiger partial charge in [0.25, 0.3) is 5.91 Å². The van der Waals surface area contributed by atoms with Crippen molar-refractivity contribution in [3.8, 4) is 0 Å². The first-order valence-corrected chi connectivity index (χ1v) is 7.39. The zero-order valence-electron chi connectivity index (χ0n) is 14.1. The van der Waals surface area contributed by atoms with Crippen LogP contribution < -0.4 is 5.43 Å². The first-order valence-electron chi connectivity index (χ1n) is 7.39. The quantitative estimate of drug-likeness (QED) is 0.511. The number of carbonyl (C=O) groups excluding carboxylic acids is 2. The minimum Gasteiger partial charge on any atom is -0.465 e. The van der Waals surface area contributed by atoms with Crippen molar-refractivity contribution in [2.75, 3.05) is 7.11 Å². The summed E-state index contributed by atoms with van der Waals surface area (Å²) < 4.78 is 4.62. The Kier molecular flexibility index (Phi) is 5.13. The van der Waals surface area contributed by atoms with E-state index in [-0.39, 0.29) is 11.1 Å². The van der Waals surface area contributed by atoms with Crippen molar-refractivity contribution in [1.29, 1.82) is 0 Å². The minimum atomic E-state index is -0.403. The number of aromatic nitrogens is 2. The van der Waals surface area contributed by atoms with Gasteiger partial charge in [-0.1, -0.05) is 32.9 Å². The van der Waals surface area contributed by atoms with Crippen molar-refractivity contribution in [2.45, 2.75) is 26.2 Å². The lowest BCUT2D eigenvalue weighted by Crippen LogP contribution is -2.18. The average molecular weight is 328 g/mol. The Labute approximate surface area is 140 Å². The molecule has 1 heterocycles. The van der Waals surface area contributed by atoms with Gasteiger partial charge < -0.3 is 4.74 Å². The second-order valence-electron chi connectivity index (χ2n) is 6.23. The van der Waals surface area contributed by atoms with Crippen LogP contribution in [0.1, 0.15) is 52.9 Å². The molecule has 1 aromatic heterocycles. The van der Waals surface area contributed by atoms with Crippen LogP contribution in [0.25, 0.3) is 0 Å². The third-order valence-corrected chi connectivity index (χ3v) is 3.33. The third-order valence-electron chi connectivity index (χ3n) is 3.33. The van der Waals surface area contributed by atoms with Gasteiger partial charge >= 0.3 is 5.97 Å². The number of hydrogen-bond donors (Lipinski definition) is 2. The molecule has 1 aromatic carbocycles. The number of rotatable bonds is 4. The van der Waals surface area contributed by atoms with Crippen LogP contribution in [0, 0.1) is 0 Å². The molecule has 0 aliphatic heterocycles. The van der Waals surface area contributed by atoms with E-state index in [1.807, 2.05) is 20.8 Å². The summed E-state index contributed by atoms with van der Waals surface area (Å²) in [6, 6.07) is 8.36. The van der Waals surface area contributed by atoms with Gasteiger partial charge in [0.2, 0.25) is 0 Å². The number of H-pyrrole nitrogens is 1. The number of benzene rings is 1. The number of nitrogens with zero attached hydrogens (tertiary/aromatic N) is 2. The monoisotopic (exact) mass is 328 g/mol. The molecule has 0 aliphatic rings. The van der Waals surface area contributed by atoms with E-state index >= 15 is 0 Å². The van der Waals surface area contributed by atoms with Gasteiger partial charge in [-0.3, -0.25) is 9.89 Å². The number of nitrogens with one attached hydrogen (secondary N) is 2. The average Bonchev–Trinajstić information content (AvgIpc) is 3.05. The maximum atomic E-state index is 12.0. The highest BCUT2D eigenvalue weighted by Gasteiger charge is 2.19. The summed E-state index contributed by atoms with van der Waals surface area (Å²) in [5.74, 6) is -0.802. The number of amides is 1. The first-order chi connectivity index (χ1) is 11.3. The predicted octanol–water partition coefficient (Wildman–Crippen LogP) is 2.26. The molecule has 0 unspecified atom stereocenters. The number of ether oxygens (including phenoxy) is 1. The van der Waals surface area contributed by atoms with E-state index in [0.717, 1.165) is 11.3 Å². The largest absolute Gasteiger partial charge is 0.465 e. The van der Waals surface area contributed by atoms with E-state index in [0.29, 0.717) is 5.56 Å². The number of hydrogen-bond acceptors (Lipinski definition) is 5. The molecule has 0 spiro atoms. The Morgan fingerprint density at radius 2 is 1.92 bits per heavy atom. The van der Waals surface area contributed by atoms with Crippen molar-refractivity contribution >= 4 is 18.1 Å². The standard InChI is InChI=1S/C17H20N4O3/c1-17(2,3)14-9-13(19-20-14)15(22)21-18-10-11-5-7-12(8-6-11)16(23)24-4/h5-10H,1-4H3,(H,19,20)(H,21,22)/b18-10-. The molecule has 0 atom stereocenters. The molecular weight excluding hydrogens is 308 g/mol. The highest BCUT2D eigenvalue weighted by atomic mass is 16.5. The summed E-state index contributed by atoms with van der Waals surface area (Å²) in [4.78, 5) is 23.3. The summed E-state index contributed by atoms with van der Waals surface area (Å²) in [5.41, 5.74) is 4.63. The molecule has 0 bridgehead atoms. The summed E-state index contributed by atoms with van der Waals surface area (Å²) in [6.45, 7) is 6.08. The Hall–Kier alpha value is -2.96. The fourth-order valence-corrected chi connectivity index (χ4v) is 1.87. The topological polar surface area (TPSA) is 96.4 Å². The Morgan fingerprint density at radius 1 is 1.25 bits per heavy atom. The van der Waals surface area contributed by atoms with Crippen LogP contribution in [0.15, 0.2) is 35.4 Å². The van der Waals surface area contributed by atoms with Crippen LogP contribution in [-0.4, -0.2) is 35.4 Å². The molecule has 0 fully saturated rings.